The van der Waals surface area contributed by atoms with Crippen LogP contribution in [0.4, 0.5) is 5.69 Å². The summed E-state index contributed by atoms with van der Waals surface area (Å²) in [5.74, 6) is 0.0997. The second-order valence-corrected chi connectivity index (χ2v) is 9.30. The van der Waals surface area contributed by atoms with E-state index in [9.17, 15) is 13.2 Å². The quantitative estimate of drug-likeness (QED) is 0.555. The molecule has 0 spiro atoms. The van der Waals surface area contributed by atoms with Gasteiger partial charge in [-0.05, 0) is 53.9 Å². The minimum absolute atomic E-state index is 0.0790. The third kappa shape index (κ3) is 3.40. The van der Waals surface area contributed by atoms with E-state index in [1.165, 1.54) is 16.4 Å². The molecular formula is C23H19N3O5S. The van der Waals surface area contributed by atoms with Crippen LogP contribution in [0.5, 0.6) is 5.88 Å². The van der Waals surface area contributed by atoms with E-state index < -0.39 is 16.0 Å². The molecule has 9 heteroatoms. The highest BCUT2D eigenvalue weighted by atomic mass is 32.2. The van der Waals surface area contributed by atoms with Crippen LogP contribution in [0.3, 0.4) is 0 Å². The van der Waals surface area contributed by atoms with E-state index in [2.05, 4.69) is 15.0 Å². The number of ether oxygens (including phenoxy) is 1. The standard InChI is InChI=1S/C23H19N3O5S/c1-30-23-19(3-2-11-24-23)16-6-9-21-17(13-16)10-12-26(21)32(28,29)18-7-4-15(5-8-18)20-14-22(27)31-25-20/h2-9,11,13H,10,12,14H2,1H3. The maximum absolute atomic E-state index is 13.3. The third-order valence-electron chi connectivity index (χ3n) is 5.55. The van der Waals surface area contributed by atoms with Crippen LogP contribution < -0.4 is 9.04 Å². The molecule has 32 heavy (non-hydrogen) atoms. The van der Waals surface area contributed by atoms with Crippen LogP contribution in [-0.4, -0.2) is 38.7 Å². The van der Waals surface area contributed by atoms with Crippen molar-refractivity contribution in [1.29, 1.82) is 0 Å². The molecule has 0 saturated heterocycles. The van der Waals surface area contributed by atoms with Crippen LogP contribution in [0.1, 0.15) is 17.5 Å². The van der Waals surface area contributed by atoms with Crippen molar-refractivity contribution < 1.29 is 22.8 Å². The third-order valence-corrected chi connectivity index (χ3v) is 7.38. The molecule has 1 aromatic heterocycles. The topological polar surface area (TPSA) is 98.2 Å². The Balaban J connectivity index is 1.44. The smallest absolute Gasteiger partial charge is 0.341 e. The lowest BCUT2D eigenvalue weighted by Gasteiger charge is -2.20. The summed E-state index contributed by atoms with van der Waals surface area (Å²) in [7, 11) is -2.16. The SMILES string of the molecule is COc1ncccc1-c1ccc2c(c1)CCN2S(=O)(=O)c1ccc(C2=NOC(=O)C2)cc1. The zero-order valence-corrected chi connectivity index (χ0v) is 18.0. The van der Waals surface area contributed by atoms with Crippen LogP contribution in [0.25, 0.3) is 11.1 Å². The molecule has 162 valence electrons. The Hall–Kier alpha value is -3.72. The Morgan fingerprint density at radius 1 is 1.06 bits per heavy atom. The number of pyridine rings is 1. The van der Waals surface area contributed by atoms with Gasteiger partial charge in [0, 0.05) is 23.9 Å². The van der Waals surface area contributed by atoms with E-state index in [1.807, 2.05) is 30.3 Å². The Morgan fingerprint density at radius 2 is 1.84 bits per heavy atom. The minimum Gasteiger partial charge on any atom is -0.481 e. The van der Waals surface area contributed by atoms with Crippen LogP contribution in [0.15, 0.2) is 70.8 Å². The first-order valence-electron chi connectivity index (χ1n) is 9.99. The number of oxime groups is 1. The molecule has 3 heterocycles. The van der Waals surface area contributed by atoms with Gasteiger partial charge >= 0.3 is 5.97 Å². The number of fused-ring (bicyclic) bond motifs is 1. The van der Waals surface area contributed by atoms with Gasteiger partial charge in [-0.2, -0.15) is 0 Å². The molecule has 0 N–H and O–H groups in total. The fourth-order valence-corrected chi connectivity index (χ4v) is 5.47. The van der Waals surface area contributed by atoms with Crippen molar-refractivity contribution in [2.75, 3.05) is 18.0 Å². The number of anilines is 1. The summed E-state index contributed by atoms with van der Waals surface area (Å²) in [5, 5.41) is 3.73. The van der Waals surface area contributed by atoms with Crippen molar-refractivity contribution in [2.45, 2.75) is 17.7 Å². The molecular weight excluding hydrogens is 430 g/mol. The van der Waals surface area contributed by atoms with Gasteiger partial charge in [0.25, 0.3) is 10.0 Å². The van der Waals surface area contributed by atoms with Crippen molar-refractivity contribution in [2.24, 2.45) is 5.16 Å². The monoisotopic (exact) mass is 449 g/mol. The first kappa shape index (κ1) is 20.2. The molecule has 2 aromatic carbocycles. The number of carbonyl (C=O) groups is 1. The Kier molecular flexibility index (Phi) is 4.90. The lowest BCUT2D eigenvalue weighted by atomic mass is 10.0. The molecule has 3 aromatic rings. The van der Waals surface area contributed by atoms with Gasteiger partial charge in [-0.15, -0.1) is 0 Å². The first-order chi connectivity index (χ1) is 15.5. The summed E-state index contributed by atoms with van der Waals surface area (Å²) < 4.78 is 33.4. The maximum atomic E-state index is 13.3. The van der Waals surface area contributed by atoms with E-state index >= 15 is 0 Å². The highest BCUT2D eigenvalue weighted by Crippen LogP contribution is 2.37. The van der Waals surface area contributed by atoms with E-state index in [0.29, 0.717) is 35.8 Å². The fourth-order valence-electron chi connectivity index (χ4n) is 3.97. The average Bonchev–Trinajstić information content (AvgIpc) is 3.45. The maximum Gasteiger partial charge on any atom is 0.341 e. The Labute approximate surface area is 185 Å². The number of aromatic nitrogens is 1. The molecule has 0 fully saturated rings. The van der Waals surface area contributed by atoms with Gasteiger partial charge in [0.1, 0.15) is 0 Å². The highest BCUT2D eigenvalue weighted by Gasteiger charge is 2.31. The lowest BCUT2D eigenvalue weighted by molar-refractivity contribution is -0.140. The fraction of sp³-hybridized carbons (Fsp3) is 0.174. The normalized spacial score (nSPS) is 15.3. The summed E-state index contributed by atoms with van der Waals surface area (Å²) in [6.07, 6.45) is 2.36. The van der Waals surface area contributed by atoms with Gasteiger partial charge in [0.05, 0.1) is 29.8 Å². The minimum atomic E-state index is -3.74. The molecule has 8 nitrogen and oxygen atoms in total. The summed E-state index contributed by atoms with van der Waals surface area (Å²) >= 11 is 0. The van der Waals surface area contributed by atoms with Gasteiger partial charge in [0.2, 0.25) is 5.88 Å². The van der Waals surface area contributed by atoms with Crippen molar-refractivity contribution in [3.8, 4) is 17.0 Å². The number of nitrogens with zero attached hydrogens (tertiary/aromatic N) is 3. The van der Waals surface area contributed by atoms with E-state index in [0.717, 1.165) is 16.7 Å². The zero-order chi connectivity index (χ0) is 22.3. The van der Waals surface area contributed by atoms with Crippen molar-refractivity contribution in [3.05, 3.63) is 71.9 Å². The predicted octanol–water partition coefficient (Wildman–Crippen LogP) is 3.16. The first-order valence-corrected chi connectivity index (χ1v) is 11.4. The van der Waals surface area contributed by atoms with Crippen LogP contribution in [0.2, 0.25) is 0 Å². The van der Waals surface area contributed by atoms with Gasteiger partial charge in [-0.3, -0.25) is 4.31 Å². The number of sulfonamides is 1. The predicted molar refractivity (Wildman–Crippen MR) is 118 cm³/mol. The van der Waals surface area contributed by atoms with E-state index in [-0.39, 0.29) is 11.3 Å². The number of carbonyl (C=O) groups excluding carboxylic acids is 1. The Bertz CT molecular complexity index is 1350. The summed E-state index contributed by atoms with van der Waals surface area (Å²) in [6.45, 7) is 0.363. The lowest BCUT2D eigenvalue weighted by Crippen LogP contribution is -2.29. The molecule has 0 unspecified atom stereocenters. The number of hydrogen-bond acceptors (Lipinski definition) is 7. The van der Waals surface area contributed by atoms with Crippen LogP contribution in [-0.2, 0) is 26.1 Å². The van der Waals surface area contributed by atoms with Crippen molar-refractivity contribution in [3.63, 3.8) is 0 Å². The second kappa shape index (κ2) is 7.76. The molecule has 5 rings (SSSR count). The number of hydrogen-bond donors (Lipinski definition) is 0. The molecule has 2 aliphatic rings. The molecule has 0 saturated carbocycles. The molecule has 0 atom stereocenters. The van der Waals surface area contributed by atoms with E-state index in [1.54, 1.807) is 25.4 Å². The summed E-state index contributed by atoms with van der Waals surface area (Å²) in [6, 6.07) is 15.8. The van der Waals surface area contributed by atoms with Crippen molar-refractivity contribution >= 4 is 27.4 Å². The van der Waals surface area contributed by atoms with Gasteiger partial charge < -0.3 is 9.57 Å². The van der Waals surface area contributed by atoms with Crippen molar-refractivity contribution in [1.82, 2.24) is 4.98 Å². The molecule has 0 amide bonds. The van der Waals surface area contributed by atoms with Gasteiger partial charge in [-0.1, -0.05) is 23.4 Å². The summed E-state index contributed by atoms with van der Waals surface area (Å²) in [5.41, 5.74) is 4.54. The largest absolute Gasteiger partial charge is 0.481 e. The average molecular weight is 449 g/mol. The van der Waals surface area contributed by atoms with Crippen LogP contribution in [0, 0.1) is 0 Å². The number of rotatable bonds is 5. The number of benzene rings is 2. The Morgan fingerprint density at radius 3 is 2.56 bits per heavy atom. The number of methoxy groups -OCH3 is 1. The molecule has 0 aliphatic carbocycles. The zero-order valence-electron chi connectivity index (χ0n) is 17.2. The van der Waals surface area contributed by atoms with Gasteiger partial charge in [0.15, 0.2) is 0 Å². The molecule has 0 bridgehead atoms. The van der Waals surface area contributed by atoms with E-state index in [4.69, 9.17) is 4.74 Å². The van der Waals surface area contributed by atoms with Crippen LogP contribution >= 0.6 is 0 Å². The van der Waals surface area contributed by atoms with Gasteiger partial charge in [-0.25, -0.2) is 18.2 Å². The summed E-state index contributed by atoms with van der Waals surface area (Å²) in [4.78, 5) is 20.3. The highest BCUT2D eigenvalue weighted by molar-refractivity contribution is 7.92. The molecule has 0 radical (unpaired) electrons. The molecule has 2 aliphatic heterocycles. The second-order valence-electron chi connectivity index (χ2n) is 7.43.